The number of hydrogen-bond donors (Lipinski definition) is 1. The molecule has 5 nitrogen and oxygen atoms in total. The van der Waals surface area contributed by atoms with Crippen molar-refractivity contribution >= 4 is 17.5 Å². The third-order valence-electron chi connectivity index (χ3n) is 5.94. The minimum absolute atomic E-state index is 0.0596. The quantitative estimate of drug-likeness (QED) is 0.845. The number of piperidine rings is 1. The van der Waals surface area contributed by atoms with Crippen LogP contribution in [-0.4, -0.2) is 40.9 Å². The summed E-state index contributed by atoms with van der Waals surface area (Å²) in [5.41, 5.74) is 5.09. The number of nitrogens with zero attached hydrogens (tertiary/aromatic N) is 2. The summed E-state index contributed by atoms with van der Waals surface area (Å²) in [7, 11) is 0. The average molecular weight is 380 g/mol. The van der Waals surface area contributed by atoms with E-state index < -0.39 is 0 Å². The van der Waals surface area contributed by atoms with Crippen LogP contribution in [0.3, 0.4) is 0 Å². The maximum absolute atomic E-state index is 12.4. The van der Waals surface area contributed by atoms with Crippen molar-refractivity contribution in [2.45, 2.75) is 51.9 Å². The van der Waals surface area contributed by atoms with Gasteiger partial charge in [-0.15, -0.1) is 0 Å². The van der Waals surface area contributed by atoms with Gasteiger partial charge in [-0.3, -0.25) is 14.2 Å². The molecule has 1 N–H and O–H groups in total. The second kappa shape index (κ2) is 8.31. The van der Waals surface area contributed by atoms with Crippen LogP contribution in [0.2, 0.25) is 0 Å². The molecule has 5 heteroatoms. The van der Waals surface area contributed by atoms with Crippen LogP contribution < -0.4 is 5.32 Å². The van der Waals surface area contributed by atoms with Crippen molar-refractivity contribution in [1.29, 1.82) is 0 Å². The zero-order chi connectivity index (χ0) is 19.5. The summed E-state index contributed by atoms with van der Waals surface area (Å²) in [4.78, 5) is 27.0. The molecule has 4 rings (SSSR count). The van der Waals surface area contributed by atoms with Gasteiger partial charge in [0.1, 0.15) is 0 Å². The van der Waals surface area contributed by atoms with Crippen molar-refractivity contribution in [2.24, 2.45) is 0 Å². The Bertz CT molecular complexity index is 861. The number of hydrogen-bond acceptors (Lipinski definition) is 3. The molecule has 3 heterocycles. The lowest BCUT2D eigenvalue weighted by Gasteiger charge is -2.25. The normalized spacial score (nSPS) is 17.4. The zero-order valence-electron chi connectivity index (χ0n) is 16.7. The molecule has 0 aliphatic carbocycles. The molecule has 1 fully saturated rings. The zero-order valence-corrected chi connectivity index (χ0v) is 16.7. The summed E-state index contributed by atoms with van der Waals surface area (Å²) < 4.78 is 1.88. The summed E-state index contributed by atoms with van der Waals surface area (Å²) in [5.74, 6) is 0.240. The Morgan fingerprint density at radius 3 is 2.54 bits per heavy atom. The highest BCUT2D eigenvalue weighted by Gasteiger charge is 2.22. The van der Waals surface area contributed by atoms with Gasteiger partial charge in [-0.25, -0.2) is 0 Å². The van der Waals surface area contributed by atoms with E-state index in [0.29, 0.717) is 12.8 Å². The fourth-order valence-corrected chi connectivity index (χ4v) is 4.39. The highest BCUT2D eigenvalue weighted by atomic mass is 16.2. The van der Waals surface area contributed by atoms with Gasteiger partial charge in [-0.1, -0.05) is 18.6 Å². The van der Waals surface area contributed by atoms with Gasteiger partial charge in [-0.05, 0) is 75.0 Å². The van der Waals surface area contributed by atoms with Crippen molar-refractivity contribution < 1.29 is 9.59 Å². The van der Waals surface area contributed by atoms with Crippen molar-refractivity contribution in [1.82, 2.24) is 9.47 Å². The number of amides is 1. The molecule has 1 amide bonds. The molecule has 0 saturated carbocycles. The van der Waals surface area contributed by atoms with Gasteiger partial charge in [0.05, 0.1) is 5.69 Å². The van der Waals surface area contributed by atoms with Crippen LogP contribution in [0, 0.1) is 6.92 Å². The summed E-state index contributed by atoms with van der Waals surface area (Å²) >= 11 is 0. The van der Waals surface area contributed by atoms with Gasteiger partial charge < -0.3 is 10.2 Å². The summed E-state index contributed by atoms with van der Waals surface area (Å²) in [5, 5.41) is 3.00. The smallest absolute Gasteiger partial charge is 0.231 e. The lowest BCUT2D eigenvalue weighted by atomic mass is 10.1. The minimum Gasteiger partial charge on any atom is -0.326 e. The Balaban J connectivity index is 1.40. The van der Waals surface area contributed by atoms with Gasteiger partial charge in [0.2, 0.25) is 11.8 Å². The standard InChI is InChI=1S/C23H29N3O2/c1-17-16-21(26-20(17)6-5-7-23(26)28)18-8-10-19(11-9-18)24-22(27)12-15-25-13-3-2-4-14-25/h8-11,16H,2-7,12-15H2,1H3,(H,24,27). The van der Waals surface area contributed by atoms with E-state index in [4.69, 9.17) is 0 Å². The Morgan fingerprint density at radius 1 is 1.04 bits per heavy atom. The predicted molar refractivity (Wildman–Crippen MR) is 112 cm³/mol. The van der Waals surface area contributed by atoms with Crippen molar-refractivity contribution in [2.75, 3.05) is 25.0 Å². The third kappa shape index (κ3) is 4.04. The highest BCUT2D eigenvalue weighted by Crippen LogP contribution is 2.30. The molecule has 2 aliphatic rings. The minimum atomic E-state index is 0.0596. The Hall–Kier alpha value is -2.40. The number of aromatic nitrogens is 1. The van der Waals surface area contributed by atoms with E-state index in [1.54, 1.807) is 0 Å². The number of carbonyl (C=O) groups excluding carboxylic acids is 2. The maximum Gasteiger partial charge on any atom is 0.231 e. The summed E-state index contributed by atoms with van der Waals surface area (Å²) in [6, 6.07) is 9.94. The average Bonchev–Trinajstić information content (AvgIpc) is 3.06. The van der Waals surface area contributed by atoms with Gasteiger partial charge in [-0.2, -0.15) is 0 Å². The lowest BCUT2D eigenvalue weighted by Crippen LogP contribution is -2.32. The molecule has 28 heavy (non-hydrogen) atoms. The molecule has 0 radical (unpaired) electrons. The number of anilines is 1. The van der Waals surface area contributed by atoms with E-state index in [-0.39, 0.29) is 11.8 Å². The Kier molecular flexibility index (Phi) is 5.62. The lowest BCUT2D eigenvalue weighted by molar-refractivity contribution is -0.116. The van der Waals surface area contributed by atoms with E-state index >= 15 is 0 Å². The van der Waals surface area contributed by atoms with Crippen molar-refractivity contribution in [3.8, 4) is 11.3 Å². The summed E-state index contributed by atoms with van der Waals surface area (Å²) in [6.45, 7) is 5.13. The molecule has 2 aliphatic heterocycles. The van der Waals surface area contributed by atoms with Crippen LogP contribution >= 0.6 is 0 Å². The molecule has 148 valence electrons. The maximum atomic E-state index is 12.4. The molecular weight excluding hydrogens is 350 g/mol. The largest absolute Gasteiger partial charge is 0.326 e. The fourth-order valence-electron chi connectivity index (χ4n) is 4.39. The van der Waals surface area contributed by atoms with Crippen LogP contribution in [-0.2, 0) is 11.2 Å². The summed E-state index contributed by atoms with van der Waals surface area (Å²) in [6.07, 6.45) is 6.84. The molecule has 1 aromatic carbocycles. The van der Waals surface area contributed by atoms with Crippen molar-refractivity contribution in [3.05, 3.63) is 41.6 Å². The van der Waals surface area contributed by atoms with E-state index in [9.17, 15) is 9.59 Å². The molecular formula is C23H29N3O2. The van der Waals surface area contributed by atoms with Gasteiger partial charge in [0.25, 0.3) is 0 Å². The first-order valence-corrected chi connectivity index (χ1v) is 10.5. The topological polar surface area (TPSA) is 54.3 Å². The third-order valence-corrected chi connectivity index (χ3v) is 5.94. The van der Waals surface area contributed by atoms with Gasteiger partial charge in [0.15, 0.2) is 0 Å². The number of rotatable bonds is 5. The first kappa shape index (κ1) is 18.9. The van der Waals surface area contributed by atoms with Gasteiger partial charge in [0, 0.05) is 30.8 Å². The highest BCUT2D eigenvalue weighted by molar-refractivity contribution is 5.91. The number of likely N-dealkylation sites (tertiary alicyclic amines) is 1. The Morgan fingerprint density at radius 2 is 1.79 bits per heavy atom. The molecule has 1 aromatic heterocycles. The van der Waals surface area contributed by atoms with Crippen LogP contribution in [0.15, 0.2) is 30.3 Å². The SMILES string of the molecule is Cc1cc(-c2ccc(NC(=O)CCN3CCCCC3)cc2)n2c1CCCC2=O. The van der Waals surface area contributed by atoms with E-state index in [1.807, 2.05) is 28.8 Å². The second-order valence-corrected chi connectivity index (χ2v) is 8.02. The predicted octanol–water partition coefficient (Wildman–Crippen LogP) is 4.25. The first-order valence-electron chi connectivity index (χ1n) is 10.5. The van der Waals surface area contributed by atoms with E-state index in [0.717, 1.165) is 55.1 Å². The molecule has 2 aromatic rings. The molecule has 0 bridgehead atoms. The molecule has 0 unspecified atom stereocenters. The van der Waals surface area contributed by atoms with Gasteiger partial charge >= 0.3 is 0 Å². The number of nitrogens with one attached hydrogen (secondary N) is 1. The number of fused-ring (bicyclic) bond motifs is 1. The van der Waals surface area contributed by atoms with Crippen LogP contribution in [0.25, 0.3) is 11.3 Å². The van der Waals surface area contributed by atoms with Crippen LogP contribution in [0.5, 0.6) is 0 Å². The van der Waals surface area contributed by atoms with Crippen LogP contribution in [0.1, 0.15) is 54.6 Å². The monoisotopic (exact) mass is 379 g/mol. The molecule has 0 spiro atoms. The number of benzene rings is 1. The second-order valence-electron chi connectivity index (χ2n) is 8.02. The Labute approximate surface area is 166 Å². The fraction of sp³-hybridized carbons (Fsp3) is 0.478. The van der Waals surface area contributed by atoms with Crippen LogP contribution in [0.4, 0.5) is 5.69 Å². The number of carbonyl (C=O) groups is 2. The van der Waals surface area contributed by atoms with Crippen molar-refractivity contribution in [3.63, 3.8) is 0 Å². The van der Waals surface area contributed by atoms with E-state index in [2.05, 4.69) is 23.2 Å². The molecule has 1 saturated heterocycles. The number of aryl methyl sites for hydroxylation is 1. The molecule has 0 atom stereocenters. The first-order chi connectivity index (χ1) is 13.6. The van der Waals surface area contributed by atoms with E-state index in [1.165, 1.54) is 24.8 Å².